The molecular formula is C19H21NO2S. The topological polar surface area (TPSA) is 29.5 Å². The number of hydrogen-bond acceptors (Lipinski definition) is 3. The molecule has 1 saturated heterocycles. The first-order chi connectivity index (χ1) is 11.1. The van der Waals surface area contributed by atoms with Gasteiger partial charge in [0.05, 0.1) is 17.8 Å². The molecule has 0 aliphatic carbocycles. The van der Waals surface area contributed by atoms with Gasteiger partial charge in [-0.3, -0.25) is 4.79 Å². The molecule has 2 aliphatic heterocycles. The number of rotatable bonds is 1. The minimum Gasteiger partial charge on any atom is -0.373 e. The van der Waals surface area contributed by atoms with Crippen molar-refractivity contribution in [1.29, 1.82) is 0 Å². The van der Waals surface area contributed by atoms with Gasteiger partial charge in [-0.05, 0) is 48.9 Å². The van der Waals surface area contributed by atoms with Crippen LogP contribution < -0.4 is 4.90 Å². The van der Waals surface area contributed by atoms with Crippen LogP contribution in [0.15, 0.2) is 29.6 Å². The first kappa shape index (κ1) is 14.9. The Bertz CT molecular complexity index is 753. The van der Waals surface area contributed by atoms with Gasteiger partial charge in [0.15, 0.2) is 0 Å². The Labute approximate surface area is 140 Å². The quantitative estimate of drug-likeness (QED) is 0.769. The van der Waals surface area contributed by atoms with Gasteiger partial charge in [-0.2, -0.15) is 0 Å². The minimum atomic E-state index is 0.0914. The van der Waals surface area contributed by atoms with Crippen LogP contribution in [0.25, 0.3) is 0 Å². The number of fused-ring (bicyclic) bond motifs is 3. The van der Waals surface area contributed by atoms with Gasteiger partial charge in [-0.1, -0.05) is 12.1 Å². The van der Waals surface area contributed by atoms with E-state index >= 15 is 0 Å². The maximum atomic E-state index is 12.6. The lowest BCUT2D eigenvalue weighted by Gasteiger charge is -2.43. The number of nitrogens with zero attached hydrogens (tertiary/aromatic N) is 1. The molecule has 1 fully saturated rings. The van der Waals surface area contributed by atoms with Gasteiger partial charge in [0.2, 0.25) is 5.91 Å². The molecule has 3 atom stereocenters. The Balaban J connectivity index is 1.97. The highest BCUT2D eigenvalue weighted by Gasteiger charge is 2.47. The largest absolute Gasteiger partial charge is 0.373 e. The molecule has 120 valence electrons. The molecule has 3 heterocycles. The molecule has 0 unspecified atom stereocenters. The molecule has 4 rings (SSSR count). The molecule has 2 aliphatic rings. The number of carbonyl (C=O) groups excluding carboxylic acids is 1. The second kappa shape index (κ2) is 5.46. The summed E-state index contributed by atoms with van der Waals surface area (Å²) < 4.78 is 6.13. The number of hydrogen-bond donors (Lipinski definition) is 0. The van der Waals surface area contributed by atoms with E-state index in [-0.39, 0.29) is 18.1 Å². The van der Waals surface area contributed by atoms with E-state index in [0.717, 1.165) is 18.7 Å². The van der Waals surface area contributed by atoms with Gasteiger partial charge in [-0.15, -0.1) is 11.3 Å². The fraction of sp³-hybridized carbons (Fsp3) is 0.421. The predicted molar refractivity (Wildman–Crippen MR) is 92.9 cm³/mol. The average Bonchev–Trinajstić information content (AvgIpc) is 3.16. The van der Waals surface area contributed by atoms with E-state index in [9.17, 15) is 4.79 Å². The van der Waals surface area contributed by atoms with E-state index in [4.69, 9.17) is 4.74 Å². The van der Waals surface area contributed by atoms with Crippen molar-refractivity contribution in [2.24, 2.45) is 5.92 Å². The summed E-state index contributed by atoms with van der Waals surface area (Å²) in [5.41, 5.74) is 4.67. The fourth-order valence-corrected chi connectivity index (χ4v) is 5.15. The molecule has 0 bridgehead atoms. The van der Waals surface area contributed by atoms with Crippen molar-refractivity contribution in [3.05, 3.63) is 51.2 Å². The molecule has 1 amide bonds. The Hall–Kier alpha value is -1.65. The zero-order chi connectivity index (χ0) is 16.1. The summed E-state index contributed by atoms with van der Waals surface area (Å²) in [6.07, 6.45) is 1.11. The van der Waals surface area contributed by atoms with Crippen LogP contribution in [0.5, 0.6) is 0 Å². The minimum absolute atomic E-state index is 0.0914. The van der Waals surface area contributed by atoms with Gasteiger partial charge >= 0.3 is 0 Å². The van der Waals surface area contributed by atoms with Crippen LogP contribution in [0.2, 0.25) is 0 Å². The summed E-state index contributed by atoms with van der Waals surface area (Å²) in [6.45, 7) is 6.68. The third-order valence-corrected chi connectivity index (χ3v) is 5.99. The lowest BCUT2D eigenvalue weighted by molar-refractivity contribution is -0.117. The summed E-state index contributed by atoms with van der Waals surface area (Å²) in [4.78, 5) is 15.8. The maximum Gasteiger partial charge on any atom is 0.224 e. The number of ether oxygens (including phenoxy) is 1. The van der Waals surface area contributed by atoms with E-state index in [1.54, 1.807) is 18.3 Å². The van der Waals surface area contributed by atoms with Crippen LogP contribution in [-0.4, -0.2) is 12.5 Å². The zero-order valence-corrected chi connectivity index (χ0v) is 14.5. The van der Waals surface area contributed by atoms with Crippen molar-refractivity contribution in [2.45, 2.75) is 39.3 Å². The lowest BCUT2D eigenvalue weighted by Crippen LogP contribution is -2.42. The average molecular weight is 327 g/mol. The molecule has 0 N–H and O–H groups in total. The highest BCUT2D eigenvalue weighted by molar-refractivity contribution is 7.10. The fourth-order valence-electron chi connectivity index (χ4n) is 4.26. The van der Waals surface area contributed by atoms with E-state index in [0.29, 0.717) is 5.92 Å². The molecule has 0 spiro atoms. The summed E-state index contributed by atoms with van der Waals surface area (Å²) in [5, 5.41) is 2.09. The van der Waals surface area contributed by atoms with Crippen molar-refractivity contribution >= 4 is 22.9 Å². The maximum absolute atomic E-state index is 12.6. The van der Waals surface area contributed by atoms with E-state index in [1.807, 2.05) is 4.90 Å². The number of aryl methyl sites for hydroxylation is 2. The monoisotopic (exact) mass is 327 g/mol. The van der Waals surface area contributed by atoms with E-state index < -0.39 is 0 Å². The van der Waals surface area contributed by atoms with Crippen LogP contribution in [0.4, 0.5) is 5.69 Å². The van der Waals surface area contributed by atoms with Crippen molar-refractivity contribution in [3.63, 3.8) is 0 Å². The van der Waals surface area contributed by atoms with Crippen LogP contribution in [-0.2, 0) is 9.53 Å². The Morgan fingerprint density at radius 2 is 2.17 bits per heavy atom. The van der Waals surface area contributed by atoms with Gasteiger partial charge in [0.25, 0.3) is 0 Å². The van der Waals surface area contributed by atoms with Gasteiger partial charge in [0, 0.05) is 29.9 Å². The number of thiophene rings is 1. The molecule has 3 nitrogen and oxygen atoms in total. The first-order valence-corrected chi connectivity index (χ1v) is 9.02. The van der Waals surface area contributed by atoms with Crippen molar-refractivity contribution < 1.29 is 9.53 Å². The van der Waals surface area contributed by atoms with Crippen molar-refractivity contribution in [1.82, 2.24) is 0 Å². The molecular weight excluding hydrogens is 306 g/mol. The molecule has 1 aromatic carbocycles. The van der Waals surface area contributed by atoms with E-state index in [1.165, 1.54) is 21.6 Å². The molecule has 0 radical (unpaired) electrons. The van der Waals surface area contributed by atoms with Crippen LogP contribution in [0.1, 0.15) is 47.1 Å². The van der Waals surface area contributed by atoms with Gasteiger partial charge < -0.3 is 9.64 Å². The highest BCUT2D eigenvalue weighted by Crippen LogP contribution is 2.54. The Kier molecular flexibility index (Phi) is 3.54. The molecule has 23 heavy (non-hydrogen) atoms. The lowest BCUT2D eigenvalue weighted by atomic mass is 9.80. The van der Waals surface area contributed by atoms with E-state index in [2.05, 4.69) is 43.5 Å². The standard InChI is InChI=1S/C19H21NO2S/c1-11-9-12(2)17-15(10-11)20(13(3)21)18(16-5-4-8-23-16)14-6-7-22-19(14)17/h4-5,8-10,14,18-19H,6-7H2,1-3H3/t14-,18-,19-/m0/s1. The molecule has 1 aromatic heterocycles. The molecule has 4 heteroatoms. The zero-order valence-electron chi connectivity index (χ0n) is 13.7. The van der Waals surface area contributed by atoms with Crippen molar-refractivity contribution in [3.8, 4) is 0 Å². The smallest absolute Gasteiger partial charge is 0.224 e. The van der Waals surface area contributed by atoms with Gasteiger partial charge in [-0.25, -0.2) is 0 Å². The molecule has 2 aromatic rings. The van der Waals surface area contributed by atoms with Crippen molar-refractivity contribution in [2.75, 3.05) is 11.5 Å². The number of anilines is 1. The summed E-state index contributed by atoms with van der Waals surface area (Å²) in [5.74, 6) is 0.450. The SMILES string of the molecule is CC(=O)N1c2cc(C)cc(C)c2[C@H]2OCC[C@H]2[C@H]1c1cccs1. The van der Waals surface area contributed by atoms with Gasteiger partial charge in [0.1, 0.15) is 0 Å². The third-order valence-electron chi connectivity index (χ3n) is 5.05. The third kappa shape index (κ3) is 2.24. The van der Waals surface area contributed by atoms with Crippen LogP contribution >= 0.6 is 11.3 Å². The molecule has 0 saturated carbocycles. The summed E-state index contributed by atoms with van der Waals surface area (Å²) >= 11 is 1.73. The predicted octanol–water partition coefficient (Wildman–Crippen LogP) is 4.55. The second-order valence-corrected chi connectivity index (χ2v) is 7.59. The summed E-state index contributed by atoms with van der Waals surface area (Å²) in [7, 11) is 0. The van der Waals surface area contributed by atoms with Crippen LogP contribution in [0, 0.1) is 19.8 Å². The number of benzene rings is 1. The summed E-state index contributed by atoms with van der Waals surface area (Å²) in [6, 6.07) is 8.65. The highest BCUT2D eigenvalue weighted by atomic mass is 32.1. The van der Waals surface area contributed by atoms with Crippen LogP contribution in [0.3, 0.4) is 0 Å². The number of amides is 1. The normalized spacial score (nSPS) is 26.0. The Morgan fingerprint density at radius 3 is 2.87 bits per heavy atom. The number of carbonyl (C=O) groups is 1. The second-order valence-electron chi connectivity index (χ2n) is 6.61. The first-order valence-electron chi connectivity index (χ1n) is 8.14. The Morgan fingerprint density at radius 1 is 1.35 bits per heavy atom.